The third-order valence-corrected chi connectivity index (χ3v) is 6.83. The van der Waals surface area contributed by atoms with E-state index in [1.165, 1.54) is 0 Å². The summed E-state index contributed by atoms with van der Waals surface area (Å²) >= 11 is 5.84. The third kappa shape index (κ3) is 4.29. The van der Waals surface area contributed by atoms with Crippen LogP contribution >= 0.6 is 11.6 Å². The highest BCUT2D eigenvalue weighted by Crippen LogP contribution is 2.27. The van der Waals surface area contributed by atoms with Crippen LogP contribution in [-0.4, -0.2) is 25.5 Å². The monoisotopic (exact) mass is 416 g/mol. The van der Waals surface area contributed by atoms with E-state index >= 15 is 0 Å². The topological polar surface area (TPSA) is 68.3 Å². The third-order valence-electron chi connectivity index (χ3n) is 5.02. The highest BCUT2D eigenvalue weighted by Gasteiger charge is 2.27. The fraction of sp³-hybridized carbons (Fsp3) is 0.286. The average Bonchev–Trinajstić information content (AvgIpc) is 2.70. The molecule has 2 aromatic carbocycles. The molecule has 1 heterocycles. The molecule has 1 aliphatic rings. The molecule has 146 valence electrons. The van der Waals surface area contributed by atoms with Crippen molar-refractivity contribution in [3.05, 3.63) is 65.8 Å². The van der Waals surface area contributed by atoms with E-state index in [0.717, 1.165) is 36.5 Å². The number of rotatable bonds is 5. The number of halogens is 1. The van der Waals surface area contributed by atoms with Crippen molar-refractivity contribution in [1.82, 2.24) is 9.71 Å². The van der Waals surface area contributed by atoms with Crippen LogP contribution in [0.15, 0.2) is 65.7 Å². The minimum absolute atomic E-state index is 0.0342. The Labute approximate surface area is 169 Å². The van der Waals surface area contributed by atoms with Gasteiger partial charge in [-0.3, -0.25) is 0 Å². The van der Waals surface area contributed by atoms with Crippen LogP contribution in [0, 0.1) is 0 Å². The van der Waals surface area contributed by atoms with Crippen molar-refractivity contribution < 1.29 is 13.2 Å². The minimum Gasteiger partial charge on any atom is -0.474 e. The van der Waals surface area contributed by atoms with Gasteiger partial charge in [0.25, 0.3) is 0 Å². The van der Waals surface area contributed by atoms with Crippen molar-refractivity contribution in [2.45, 2.75) is 42.7 Å². The molecule has 1 saturated carbocycles. The number of benzene rings is 2. The van der Waals surface area contributed by atoms with Crippen molar-refractivity contribution in [2.24, 2.45) is 0 Å². The first kappa shape index (κ1) is 19.2. The molecule has 5 nitrogen and oxygen atoms in total. The lowest BCUT2D eigenvalue weighted by molar-refractivity contribution is 0.138. The Bertz CT molecular complexity index is 1060. The van der Waals surface area contributed by atoms with Crippen LogP contribution in [0.1, 0.15) is 25.7 Å². The number of nitrogens with one attached hydrogen (secondary N) is 1. The number of ether oxygens (including phenoxy) is 1. The van der Waals surface area contributed by atoms with Crippen molar-refractivity contribution >= 4 is 32.4 Å². The number of pyridine rings is 1. The Morgan fingerprint density at radius 1 is 0.964 bits per heavy atom. The van der Waals surface area contributed by atoms with Gasteiger partial charge in [-0.15, -0.1) is 0 Å². The first-order chi connectivity index (χ1) is 13.5. The van der Waals surface area contributed by atoms with Crippen LogP contribution in [0.25, 0.3) is 10.8 Å². The summed E-state index contributed by atoms with van der Waals surface area (Å²) in [6.07, 6.45) is 4.58. The van der Waals surface area contributed by atoms with Crippen LogP contribution in [0.3, 0.4) is 0 Å². The molecule has 1 fully saturated rings. The van der Waals surface area contributed by atoms with E-state index in [9.17, 15) is 8.42 Å². The molecule has 4 rings (SSSR count). The molecule has 0 spiro atoms. The summed E-state index contributed by atoms with van der Waals surface area (Å²) in [5.41, 5.74) is 0. The lowest BCUT2D eigenvalue weighted by atomic mass is 9.94. The Kier molecular flexibility index (Phi) is 5.53. The maximum absolute atomic E-state index is 13.0. The molecule has 0 amide bonds. The molecule has 0 aliphatic heterocycles. The van der Waals surface area contributed by atoms with Crippen LogP contribution in [0.4, 0.5) is 0 Å². The van der Waals surface area contributed by atoms with Crippen molar-refractivity contribution in [3.8, 4) is 5.88 Å². The number of aromatic nitrogens is 1. The van der Waals surface area contributed by atoms with Gasteiger partial charge in [-0.25, -0.2) is 18.1 Å². The van der Waals surface area contributed by atoms with Gasteiger partial charge in [0.2, 0.25) is 15.9 Å². The number of hydrogen-bond acceptors (Lipinski definition) is 4. The molecule has 1 aromatic heterocycles. The lowest BCUT2D eigenvalue weighted by Gasteiger charge is -2.29. The van der Waals surface area contributed by atoms with E-state index in [1.54, 1.807) is 30.5 Å². The summed E-state index contributed by atoms with van der Waals surface area (Å²) in [5.74, 6) is 0.546. The summed E-state index contributed by atoms with van der Waals surface area (Å²) in [5, 5.41) is 2.22. The van der Waals surface area contributed by atoms with Crippen LogP contribution in [-0.2, 0) is 10.0 Å². The quantitative estimate of drug-likeness (QED) is 0.662. The molecule has 1 N–H and O–H groups in total. The van der Waals surface area contributed by atoms with Crippen molar-refractivity contribution in [2.75, 3.05) is 0 Å². The molecule has 0 saturated heterocycles. The van der Waals surface area contributed by atoms with E-state index in [-0.39, 0.29) is 12.1 Å². The normalized spacial score (nSPS) is 20.2. The molecule has 0 bridgehead atoms. The second-order valence-electron chi connectivity index (χ2n) is 7.00. The molecule has 3 aromatic rings. The molecule has 0 unspecified atom stereocenters. The Hall–Kier alpha value is -2.15. The fourth-order valence-corrected chi connectivity index (χ4v) is 5.26. The summed E-state index contributed by atoms with van der Waals surface area (Å²) in [6.45, 7) is 0. The molecule has 1 aliphatic carbocycles. The molecule has 7 heteroatoms. The summed E-state index contributed by atoms with van der Waals surface area (Å²) in [7, 11) is -3.59. The predicted molar refractivity (Wildman–Crippen MR) is 110 cm³/mol. The maximum atomic E-state index is 13.0. The van der Waals surface area contributed by atoms with Crippen LogP contribution < -0.4 is 9.46 Å². The molecule has 0 atom stereocenters. The fourth-order valence-electron chi connectivity index (χ4n) is 3.61. The highest BCUT2D eigenvalue weighted by molar-refractivity contribution is 7.89. The molecule has 0 radical (unpaired) electrons. The highest BCUT2D eigenvalue weighted by atomic mass is 35.5. The summed E-state index contributed by atoms with van der Waals surface area (Å²) < 4.78 is 34.7. The van der Waals surface area contributed by atoms with E-state index in [1.807, 2.05) is 30.3 Å². The second kappa shape index (κ2) is 8.07. The molecular weight excluding hydrogens is 396 g/mol. The maximum Gasteiger partial charge on any atom is 0.241 e. The average molecular weight is 417 g/mol. The van der Waals surface area contributed by atoms with E-state index in [2.05, 4.69) is 9.71 Å². The zero-order valence-corrected chi connectivity index (χ0v) is 16.8. The largest absolute Gasteiger partial charge is 0.474 e. The first-order valence-corrected chi connectivity index (χ1v) is 11.2. The number of fused-ring (bicyclic) bond motifs is 1. The van der Waals surface area contributed by atoms with Crippen LogP contribution in [0.5, 0.6) is 5.88 Å². The zero-order chi connectivity index (χ0) is 19.6. The number of nitrogens with zero attached hydrogens (tertiary/aromatic N) is 1. The standard InChI is InChI=1S/C21H21ClN2O3S/c22-16-8-13-21(23-14-16)27-18-11-9-17(10-12-18)24-28(25,26)20-7-3-5-15-4-1-2-6-19(15)20/h1-8,13-14,17-18,24H,9-12H2. The first-order valence-electron chi connectivity index (χ1n) is 9.29. The summed E-state index contributed by atoms with van der Waals surface area (Å²) in [4.78, 5) is 4.48. The van der Waals surface area contributed by atoms with Gasteiger partial charge < -0.3 is 4.74 Å². The van der Waals surface area contributed by atoms with E-state index in [0.29, 0.717) is 15.8 Å². The van der Waals surface area contributed by atoms with E-state index < -0.39 is 10.0 Å². The van der Waals surface area contributed by atoms with Crippen molar-refractivity contribution in [1.29, 1.82) is 0 Å². The SMILES string of the molecule is O=S(=O)(NC1CCC(Oc2ccc(Cl)cn2)CC1)c1cccc2ccccc12. The van der Waals surface area contributed by atoms with Gasteiger partial charge in [-0.1, -0.05) is 48.0 Å². The van der Waals surface area contributed by atoms with Gasteiger partial charge in [-0.05, 0) is 43.2 Å². The van der Waals surface area contributed by atoms with Gasteiger partial charge in [-0.2, -0.15) is 0 Å². The Morgan fingerprint density at radius 3 is 2.46 bits per heavy atom. The van der Waals surface area contributed by atoms with Gasteiger partial charge in [0.15, 0.2) is 0 Å². The second-order valence-corrected chi connectivity index (χ2v) is 9.12. The van der Waals surface area contributed by atoms with E-state index in [4.69, 9.17) is 16.3 Å². The molecular formula is C21H21ClN2O3S. The number of hydrogen-bond donors (Lipinski definition) is 1. The number of sulfonamides is 1. The van der Waals surface area contributed by atoms with Gasteiger partial charge in [0.1, 0.15) is 6.10 Å². The smallest absolute Gasteiger partial charge is 0.241 e. The predicted octanol–water partition coefficient (Wildman–Crippen LogP) is 4.56. The van der Waals surface area contributed by atoms with Crippen molar-refractivity contribution in [3.63, 3.8) is 0 Å². The van der Waals surface area contributed by atoms with Gasteiger partial charge in [0.05, 0.1) is 9.92 Å². The minimum atomic E-state index is -3.59. The Balaban J connectivity index is 1.40. The van der Waals surface area contributed by atoms with Crippen LogP contribution in [0.2, 0.25) is 5.02 Å². The molecule has 28 heavy (non-hydrogen) atoms. The summed E-state index contributed by atoms with van der Waals surface area (Å²) in [6, 6.07) is 16.3. The van der Waals surface area contributed by atoms with Gasteiger partial charge >= 0.3 is 0 Å². The zero-order valence-electron chi connectivity index (χ0n) is 15.2. The van der Waals surface area contributed by atoms with Gasteiger partial charge in [0, 0.05) is 23.7 Å². The lowest BCUT2D eigenvalue weighted by Crippen LogP contribution is -2.39. The Morgan fingerprint density at radius 2 is 1.71 bits per heavy atom.